The van der Waals surface area contributed by atoms with Gasteiger partial charge in [-0.05, 0) is 52.2 Å². The Kier molecular flexibility index (Phi) is 6.57. The van der Waals surface area contributed by atoms with Crippen LogP contribution in [0.1, 0.15) is 34.1 Å². The topological polar surface area (TPSA) is 98.4 Å². The normalized spacial score (nSPS) is 14.8. The summed E-state index contributed by atoms with van der Waals surface area (Å²) < 4.78 is 16.1. The summed E-state index contributed by atoms with van der Waals surface area (Å²) in [6.07, 6.45) is 0.476. The van der Waals surface area contributed by atoms with Gasteiger partial charge in [0.05, 0.1) is 24.2 Å². The van der Waals surface area contributed by atoms with Crippen LogP contribution in [-0.4, -0.2) is 36.3 Å². The number of benzene rings is 4. The standard InChI is InChI=1S/C32H24N2O6/c1-38-24-14-12-21(13-15-24)27-17-26(23-11-10-20-6-2-3-7-22(20)16-23)33-34(27)31(36)19-39-32(37)30-18-28(35)25-8-4-5-9-29(25)40-30/h2-16,18,27H,17,19H2,1H3. The molecule has 1 aliphatic heterocycles. The molecular weight excluding hydrogens is 508 g/mol. The number of ether oxygens (including phenoxy) is 2. The van der Waals surface area contributed by atoms with Crippen molar-refractivity contribution >= 4 is 39.3 Å². The molecule has 1 atom stereocenters. The van der Waals surface area contributed by atoms with E-state index in [-0.39, 0.29) is 16.8 Å². The molecule has 0 saturated heterocycles. The van der Waals surface area contributed by atoms with E-state index in [9.17, 15) is 14.4 Å². The molecule has 0 aliphatic carbocycles. The zero-order valence-corrected chi connectivity index (χ0v) is 21.6. The van der Waals surface area contributed by atoms with Gasteiger partial charge in [-0.2, -0.15) is 5.10 Å². The van der Waals surface area contributed by atoms with Crippen molar-refractivity contribution in [1.82, 2.24) is 5.01 Å². The number of hydrazone groups is 1. The molecule has 198 valence electrons. The molecule has 0 spiro atoms. The van der Waals surface area contributed by atoms with Gasteiger partial charge < -0.3 is 13.9 Å². The predicted molar refractivity (Wildman–Crippen MR) is 150 cm³/mol. The van der Waals surface area contributed by atoms with E-state index in [4.69, 9.17) is 13.9 Å². The van der Waals surface area contributed by atoms with Crippen LogP contribution in [0.2, 0.25) is 0 Å². The van der Waals surface area contributed by atoms with Crippen molar-refractivity contribution in [2.45, 2.75) is 12.5 Å². The molecule has 1 aromatic heterocycles. The summed E-state index contributed by atoms with van der Waals surface area (Å²) in [7, 11) is 1.59. The van der Waals surface area contributed by atoms with E-state index in [1.807, 2.05) is 60.7 Å². The van der Waals surface area contributed by atoms with Gasteiger partial charge in [-0.15, -0.1) is 0 Å². The monoisotopic (exact) mass is 532 g/mol. The van der Waals surface area contributed by atoms with Crippen molar-refractivity contribution in [2.24, 2.45) is 5.10 Å². The second-order valence-corrected chi connectivity index (χ2v) is 9.39. The number of carbonyl (C=O) groups excluding carboxylic acids is 2. The zero-order valence-electron chi connectivity index (χ0n) is 21.6. The Labute approximate surface area is 229 Å². The molecule has 0 radical (unpaired) electrons. The smallest absolute Gasteiger partial charge is 0.374 e. The summed E-state index contributed by atoms with van der Waals surface area (Å²) in [6.45, 7) is -0.573. The first-order valence-corrected chi connectivity index (χ1v) is 12.7. The van der Waals surface area contributed by atoms with Crippen LogP contribution < -0.4 is 10.2 Å². The minimum absolute atomic E-state index is 0.261. The quantitative estimate of drug-likeness (QED) is 0.268. The summed E-state index contributed by atoms with van der Waals surface area (Å²) in [6, 6.07) is 28.8. The summed E-state index contributed by atoms with van der Waals surface area (Å²) in [5.41, 5.74) is 2.40. The minimum Gasteiger partial charge on any atom is -0.497 e. The highest BCUT2D eigenvalue weighted by Crippen LogP contribution is 2.34. The van der Waals surface area contributed by atoms with Crippen molar-refractivity contribution in [3.8, 4) is 5.75 Å². The van der Waals surface area contributed by atoms with Crippen molar-refractivity contribution in [1.29, 1.82) is 0 Å². The Bertz CT molecular complexity index is 1840. The number of amides is 1. The van der Waals surface area contributed by atoms with Gasteiger partial charge in [-0.25, -0.2) is 9.80 Å². The maximum absolute atomic E-state index is 13.4. The SMILES string of the molecule is COc1ccc(C2CC(c3ccc4ccccc4c3)=NN2C(=O)COC(=O)c2cc(=O)c3ccccc3o2)cc1. The van der Waals surface area contributed by atoms with Crippen LogP contribution in [0, 0.1) is 0 Å². The first kappa shape index (κ1) is 25.1. The van der Waals surface area contributed by atoms with E-state index in [0.717, 1.165) is 33.7 Å². The second-order valence-electron chi connectivity index (χ2n) is 9.39. The first-order valence-electron chi connectivity index (χ1n) is 12.7. The summed E-state index contributed by atoms with van der Waals surface area (Å²) >= 11 is 0. The molecule has 6 rings (SSSR count). The van der Waals surface area contributed by atoms with Crippen molar-refractivity contribution in [2.75, 3.05) is 13.7 Å². The van der Waals surface area contributed by atoms with Crippen LogP contribution in [-0.2, 0) is 9.53 Å². The molecule has 8 heteroatoms. The highest BCUT2D eigenvalue weighted by molar-refractivity contribution is 6.05. The molecule has 1 aliphatic rings. The third-order valence-electron chi connectivity index (χ3n) is 6.91. The second kappa shape index (κ2) is 10.5. The van der Waals surface area contributed by atoms with Crippen molar-refractivity contribution in [3.63, 3.8) is 0 Å². The van der Waals surface area contributed by atoms with E-state index >= 15 is 0 Å². The third-order valence-corrected chi connectivity index (χ3v) is 6.91. The van der Waals surface area contributed by atoms with Crippen LogP contribution in [0.15, 0.2) is 111 Å². The number of hydrogen-bond acceptors (Lipinski definition) is 7. The summed E-state index contributed by atoms with van der Waals surface area (Å²) in [5, 5.41) is 8.56. The molecular formula is C32H24N2O6. The molecule has 0 N–H and O–H groups in total. The molecule has 2 heterocycles. The minimum atomic E-state index is -0.907. The van der Waals surface area contributed by atoms with Gasteiger partial charge in [0.15, 0.2) is 12.0 Å². The maximum atomic E-state index is 13.4. The number of hydrogen-bond donors (Lipinski definition) is 0. The van der Waals surface area contributed by atoms with Gasteiger partial charge in [0, 0.05) is 12.5 Å². The Hall–Kier alpha value is -5.24. The Morgan fingerprint density at radius 1 is 0.925 bits per heavy atom. The fourth-order valence-corrected chi connectivity index (χ4v) is 4.84. The van der Waals surface area contributed by atoms with Crippen LogP contribution in [0.4, 0.5) is 0 Å². The predicted octanol–water partition coefficient (Wildman–Crippen LogP) is 5.49. The lowest BCUT2D eigenvalue weighted by molar-refractivity contribution is -0.136. The molecule has 8 nitrogen and oxygen atoms in total. The van der Waals surface area contributed by atoms with Gasteiger partial charge in [-0.3, -0.25) is 9.59 Å². The molecule has 1 unspecified atom stereocenters. The van der Waals surface area contributed by atoms with Crippen LogP contribution in [0.5, 0.6) is 5.75 Å². The lowest BCUT2D eigenvalue weighted by atomic mass is 9.97. The Morgan fingerprint density at radius 3 is 2.48 bits per heavy atom. The number of nitrogens with zero attached hydrogens (tertiary/aromatic N) is 2. The number of fused-ring (bicyclic) bond motifs is 2. The molecule has 40 heavy (non-hydrogen) atoms. The van der Waals surface area contributed by atoms with Crippen molar-refractivity contribution < 1.29 is 23.5 Å². The summed E-state index contributed by atoms with van der Waals surface area (Å²) in [5.74, 6) is -0.991. The Morgan fingerprint density at radius 2 is 1.68 bits per heavy atom. The lowest BCUT2D eigenvalue weighted by Crippen LogP contribution is -2.31. The van der Waals surface area contributed by atoms with E-state index in [2.05, 4.69) is 11.2 Å². The van der Waals surface area contributed by atoms with E-state index < -0.39 is 24.5 Å². The zero-order chi connectivity index (χ0) is 27.6. The third kappa shape index (κ3) is 4.82. The molecule has 5 aromatic rings. The number of rotatable bonds is 6. The van der Waals surface area contributed by atoms with Gasteiger partial charge in [0.2, 0.25) is 5.76 Å². The molecule has 4 aromatic carbocycles. The van der Waals surface area contributed by atoms with E-state index in [0.29, 0.717) is 17.6 Å². The number of carbonyl (C=O) groups is 2. The van der Waals surface area contributed by atoms with Crippen molar-refractivity contribution in [3.05, 3.63) is 124 Å². The van der Waals surface area contributed by atoms with Gasteiger partial charge in [0.25, 0.3) is 5.91 Å². The number of para-hydroxylation sites is 1. The van der Waals surface area contributed by atoms with Crippen LogP contribution >= 0.6 is 0 Å². The number of methoxy groups -OCH3 is 1. The Balaban J connectivity index is 1.26. The van der Waals surface area contributed by atoms with E-state index in [1.165, 1.54) is 5.01 Å². The average Bonchev–Trinajstić information content (AvgIpc) is 3.45. The van der Waals surface area contributed by atoms with Gasteiger partial charge in [0.1, 0.15) is 11.3 Å². The van der Waals surface area contributed by atoms with Gasteiger partial charge in [-0.1, -0.05) is 60.7 Å². The largest absolute Gasteiger partial charge is 0.497 e. The highest BCUT2D eigenvalue weighted by Gasteiger charge is 2.34. The maximum Gasteiger partial charge on any atom is 0.374 e. The van der Waals surface area contributed by atoms with E-state index in [1.54, 1.807) is 31.4 Å². The highest BCUT2D eigenvalue weighted by atomic mass is 16.5. The molecule has 0 fully saturated rings. The molecule has 0 bridgehead atoms. The van der Waals surface area contributed by atoms with Crippen LogP contribution in [0.25, 0.3) is 21.7 Å². The fraction of sp³-hybridized carbons (Fsp3) is 0.125. The molecule has 1 amide bonds. The summed E-state index contributed by atoms with van der Waals surface area (Å²) in [4.78, 5) is 38.5. The average molecular weight is 533 g/mol. The molecule has 0 saturated carbocycles. The first-order chi connectivity index (χ1) is 19.5. The fourth-order valence-electron chi connectivity index (χ4n) is 4.84. The lowest BCUT2D eigenvalue weighted by Gasteiger charge is -2.22. The number of esters is 1. The van der Waals surface area contributed by atoms with Crippen LogP contribution in [0.3, 0.4) is 0 Å². The van der Waals surface area contributed by atoms with Gasteiger partial charge >= 0.3 is 5.97 Å².